The number of nitrogens with one attached hydrogen (secondary N) is 1. The standard InChI is InChI=1S/C28H28BrN3O3/c1-18(27(34)30-22-8-2-3-9-22)31(16-19-12-14-21(29)15-13-19)25(33)17-32-24-11-5-7-20-6-4-10-23(26(20)24)28(32)35/h4-7,10-15,18,22H,2-3,8-9,16-17H2,1H3,(H,30,34). The highest BCUT2D eigenvalue weighted by Gasteiger charge is 2.34. The van der Waals surface area contributed by atoms with Crippen LogP contribution in [-0.2, 0) is 16.1 Å². The molecular formula is C28H28BrN3O3. The lowest BCUT2D eigenvalue weighted by Gasteiger charge is -2.31. The summed E-state index contributed by atoms with van der Waals surface area (Å²) in [6.45, 7) is 1.93. The minimum Gasteiger partial charge on any atom is -0.352 e. The highest BCUT2D eigenvalue weighted by atomic mass is 79.9. The van der Waals surface area contributed by atoms with Crippen molar-refractivity contribution < 1.29 is 14.4 Å². The van der Waals surface area contributed by atoms with E-state index in [4.69, 9.17) is 0 Å². The first kappa shape index (κ1) is 23.5. The molecule has 0 radical (unpaired) electrons. The van der Waals surface area contributed by atoms with Crippen LogP contribution >= 0.6 is 15.9 Å². The van der Waals surface area contributed by atoms with E-state index in [2.05, 4.69) is 21.2 Å². The molecule has 0 spiro atoms. The van der Waals surface area contributed by atoms with Crippen LogP contribution in [0.1, 0.15) is 48.5 Å². The Labute approximate surface area is 213 Å². The molecule has 7 heteroatoms. The van der Waals surface area contributed by atoms with Gasteiger partial charge in [0.1, 0.15) is 12.6 Å². The molecule has 1 aliphatic heterocycles. The number of amides is 3. The highest BCUT2D eigenvalue weighted by Crippen LogP contribution is 2.37. The first-order valence-corrected chi connectivity index (χ1v) is 12.9. The maximum atomic E-state index is 13.7. The summed E-state index contributed by atoms with van der Waals surface area (Å²) in [6.07, 6.45) is 4.18. The number of anilines is 1. The summed E-state index contributed by atoms with van der Waals surface area (Å²) in [5.74, 6) is -0.600. The molecule has 3 amide bonds. The predicted molar refractivity (Wildman–Crippen MR) is 140 cm³/mol. The molecular weight excluding hydrogens is 506 g/mol. The van der Waals surface area contributed by atoms with Gasteiger partial charge in [-0.3, -0.25) is 19.3 Å². The lowest BCUT2D eigenvalue weighted by atomic mass is 10.1. The molecule has 0 aromatic heterocycles. The van der Waals surface area contributed by atoms with E-state index in [1.54, 1.807) is 17.9 Å². The smallest absolute Gasteiger partial charge is 0.259 e. The fourth-order valence-electron chi connectivity index (χ4n) is 5.12. The van der Waals surface area contributed by atoms with Crippen LogP contribution in [-0.4, -0.2) is 41.2 Å². The Morgan fingerprint density at radius 2 is 1.74 bits per heavy atom. The Balaban J connectivity index is 1.40. The van der Waals surface area contributed by atoms with Crippen molar-refractivity contribution in [3.63, 3.8) is 0 Å². The Kier molecular flexibility index (Phi) is 6.60. The minimum absolute atomic E-state index is 0.121. The van der Waals surface area contributed by atoms with Crippen LogP contribution in [0.15, 0.2) is 65.1 Å². The Morgan fingerprint density at radius 1 is 1.06 bits per heavy atom. The zero-order chi connectivity index (χ0) is 24.5. The minimum atomic E-state index is -0.664. The number of nitrogens with zero attached hydrogens (tertiary/aromatic N) is 2. The maximum absolute atomic E-state index is 13.7. The van der Waals surface area contributed by atoms with Crippen LogP contribution in [0.3, 0.4) is 0 Å². The van der Waals surface area contributed by atoms with Gasteiger partial charge < -0.3 is 10.2 Å². The van der Waals surface area contributed by atoms with Crippen molar-refractivity contribution in [2.24, 2.45) is 0 Å². The van der Waals surface area contributed by atoms with Crippen molar-refractivity contribution in [2.75, 3.05) is 11.4 Å². The maximum Gasteiger partial charge on any atom is 0.259 e. The molecule has 5 rings (SSSR count). The quantitative estimate of drug-likeness (QED) is 0.462. The van der Waals surface area contributed by atoms with Crippen LogP contribution in [0, 0.1) is 0 Å². The molecule has 6 nitrogen and oxygen atoms in total. The molecule has 1 aliphatic carbocycles. The average Bonchev–Trinajstić information content (AvgIpc) is 3.47. The molecule has 1 fully saturated rings. The van der Waals surface area contributed by atoms with E-state index >= 15 is 0 Å². The number of hydrogen-bond donors (Lipinski definition) is 1. The summed E-state index contributed by atoms with van der Waals surface area (Å²) < 4.78 is 0.944. The van der Waals surface area contributed by atoms with Crippen molar-refractivity contribution in [3.8, 4) is 0 Å². The monoisotopic (exact) mass is 533 g/mol. The van der Waals surface area contributed by atoms with Crippen molar-refractivity contribution in [1.29, 1.82) is 0 Å². The van der Waals surface area contributed by atoms with E-state index < -0.39 is 6.04 Å². The summed E-state index contributed by atoms with van der Waals surface area (Å²) in [7, 11) is 0. The molecule has 2 aliphatic rings. The topological polar surface area (TPSA) is 69.7 Å². The third-order valence-corrected chi connectivity index (χ3v) is 7.61. The molecule has 3 aromatic carbocycles. The van der Waals surface area contributed by atoms with Gasteiger partial charge in [0.05, 0.1) is 5.69 Å². The first-order chi connectivity index (χ1) is 16.9. The van der Waals surface area contributed by atoms with E-state index in [0.29, 0.717) is 5.56 Å². The van der Waals surface area contributed by atoms with Crippen molar-refractivity contribution in [3.05, 3.63) is 76.3 Å². The largest absolute Gasteiger partial charge is 0.352 e. The van der Waals surface area contributed by atoms with Gasteiger partial charge in [0.15, 0.2) is 0 Å². The van der Waals surface area contributed by atoms with Gasteiger partial charge >= 0.3 is 0 Å². The van der Waals surface area contributed by atoms with Gasteiger partial charge in [-0.1, -0.05) is 65.2 Å². The molecule has 1 N–H and O–H groups in total. The number of carbonyl (C=O) groups is 3. The van der Waals surface area contributed by atoms with Crippen LogP contribution < -0.4 is 10.2 Å². The predicted octanol–water partition coefficient (Wildman–Crippen LogP) is 5.04. The van der Waals surface area contributed by atoms with Gasteiger partial charge in [-0.05, 0) is 55.0 Å². The molecule has 0 saturated heterocycles. The zero-order valence-corrected chi connectivity index (χ0v) is 21.3. The molecule has 1 unspecified atom stereocenters. The third-order valence-electron chi connectivity index (χ3n) is 7.08. The van der Waals surface area contributed by atoms with Gasteiger partial charge in [-0.25, -0.2) is 0 Å². The lowest BCUT2D eigenvalue weighted by molar-refractivity contribution is -0.139. The number of halogens is 1. The van der Waals surface area contributed by atoms with Gasteiger partial charge in [-0.2, -0.15) is 0 Å². The summed E-state index contributed by atoms with van der Waals surface area (Å²) in [4.78, 5) is 43.2. The Bertz CT molecular complexity index is 1280. The Morgan fingerprint density at radius 3 is 2.46 bits per heavy atom. The van der Waals surface area contributed by atoms with Crippen molar-refractivity contribution >= 4 is 50.1 Å². The van der Waals surface area contributed by atoms with Crippen LogP contribution in [0.2, 0.25) is 0 Å². The van der Waals surface area contributed by atoms with Crippen molar-refractivity contribution in [2.45, 2.75) is 51.2 Å². The van der Waals surface area contributed by atoms with Crippen LogP contribution in [0.5, 0.6) is 0 Å². The molecule has 35 heavy (non-hydrogen) atoms. The zero-order valence-electron chi connectivity index (χ0n) is 19.7. The van der Waals surface area contributed by atoms with E-state index in [-0.39, 0.29) is 36.9 Å². The van der Waals surface area contributed by atoms with E-state index in [9.17, 15) is 14.4 Å². The SMILES string of the molecule is CC(C(=O)NC1CCCC1)N(Cc1ccc(Br)cc1)C(=O)CN1C(=O)c2cccc3cccc1c23. The second-order valence-corrected chi connectivity index (χ2v) is 10.3. The number of carbonyl (C=O) groups excluding carboxylic acids is 3. The molecule has 0 bridgehead atoms. The Hall–Kier alpha value is -3.19. The summed E-state index contributed by atoms with van der Waals surface area (Å²) in [5.41, 5.74) is 2.26. The average molecular weight is 534 g/mol. The molecule has 3 aromatic rings. The molecule has 1 atom stereocenters. The summed E-state index contributed by atoms with van der Waals surface area (Å²) >= 11 is 3.45. The molecule has 1 heterocycles. The second kappa shape index (κ2) is 9.82. The number of benzene rings is 3. The first-order valence-electron chi connectivity index (χ1n) is 12.1. The second-order valence-electron chi connectivity index (χ2n) is 9.39. The fraction of sp³-hybridized carbons (Fsp3) is 0.321. The summed E-state index contributed by atoms with van der Waals surface area (Å²) in [5, 5.41) is 4.97. The number of hydrogen-bond acceptors (Lipinski definition) is 3. The van der Waals surface area contributed by atoms with Gasteiger partial charge in [0, 0.05) is 28.0 Å². The van der Waals surface area contributed by atoms with E-state index in [1.165, 1.54) is 4.90 Å². The van der Waals surface area contributed by atoms with Crippen LogP contribution in [0.4, 0.5) is 5.69 Å². The van der Waals surface area contributed by atoms with Crippen molar-refractivity contribution in [1.82, 2.24) is 10.2 Å². The summed E-state index contributed by atoms with van der Waals surface area (Å²) in [6, 6.07) is 18.6. The van der Waals surface area contributed by atoms with Crippen LogP contribution in [0.25, 0.3) is 10.8 Å². The van der Waals surface area contributed by atoms with Gasteiger partial charge in [0.2, 0.25) is 11.8 Å². The third kappa shape index (κ3) is 4.69. The fourth-order valence-corrected chi connectivity index (χ4v) is 5.39. The van der Waals surface area contributed by atoms with Gasteiger partial charge in [0.25, 0.3) is 5.91 Å². The van der Waals surface area contributed by atoms with Gasteiger partial charge in [-0.15, -0.1) is 0 Å². The van der Waals surface area contributed by atoms with E-state index in [0.717, 1.165) is 52.2 Å². The van der Waals surface area contributed by atoms with E-state index in [1.807, 2.05) is 54.6 Å². The highest BCUT2D eigenvalue weighted by molar-refractivity contribution is 9.10. The molecule has 1 saturated carbocycles. The number of rotatable bonds is 7. The normalized spacial score (nSPS) is 16.1. The molecule has 180 valence electrons. The lowest BCUT2D eigenvalue weighted by Crippen LogP contribution is -2.52.